The zero-order valence-electron chi connectivity index (χ0n) is 12.0. The van der Waals surface area contributed by atoms with E-state index >= 15 is 0 Å². The van der Waals surface area contributed by atoms with Crippen LogP contribution in [0, 0.1) is 5.92 Å². The van der Waals surface area contributed by atoms with Crippen LogP contribution in [0.15, 0.2) is 18.2 Å². The van der Waals surface area contributed by atoms with Crippen molar-refractivity contribution in [2.24, 2.45) is 5.92 Å². The highest BCUT2D eigenvalue weighted by atomic mass is 16.3. The van der Waals surface area contributed by atoms with Gasteiger partial charge in [0.15, 0.2) is 5.78 Å². The highest BCUT2D eigenvalue weighted by molar-refractivity contribution is 5.97. The number of phenolic OH excluding ortho intramolecular Hbond substituents is 1. The number of hydrogen-bond acceptors (Lipinski definition) is 3. The molecule has 1 aromatic carbocycles. The number of Topliss-reactive ketones (excluding diaryl/α,β-unsaturated/α-hetero) is 1. The van der Waals surface area contributed by atoms with E-state index in [1.807, 2.05) is 6.07 Å². The lowest BCUT2D eigenvalue weighted by Gasteiger charge is -2.37. The molecule has 2 atom stereocenters. The molecule has 3 heteroatoms. The first kappa shape index (κ1) is 13.9. The second kappa shape index (κ2) is 5.64. The molecule has 0 radical (unpaired) electrons. The van der Waals surface area contributed by atoms with E-state index in [9.17, 15) is 9.90 Å². The molecule has 3 nitrogen and oxygen atoms in total. The Kier molecular flexibility index (Phi) is 4.13. The number of carbonyl (C=O) groups is 1. The molecule has 0 amide bonds. The molecular formula is C16H23NO2. The van der Waals surface area contributed by atoms with E-state index < -0.39 is 0 Å². The van der Waals surface area contributed by atoms with Gasteiger partial charge in [0.2, 0.25) is 0 Å². The summed E-state index contributed by atoms with van der Waals surface area (Å²) in [5.74, 6) is 0.659. The summed E-state index contributed by atoms with van der Waals surface area (Å²) < 4.78 is 0. The SMILES string of the molecule is CC(=O)c1ccc(N(C)C2CCCCC2C)cc1O. The van der Waals surface area contributed by atoms with Crippen LogP contribution in [0.3, 0.4) is 0 Å². The number of hydrogen-bond donors (Lipinski definition) is 1. The van der Waals surface area contributed by atoms with Crippen LogP contribution in [0.4, 0.5) is 5.69 Å². The monoisotopic (exact) mass is 261 g/mol. The summed E-state index contributed by atoms with van der Waals surface area (Å²) in [6.07, 6.45) is 5.07. The van der Waals surface area contributed by atoms with Crippen LogP contribution in [-0.2, 0) is 0 Å². The second-order valence-electron chi connectivity index (χ2n) is 5.70. The maximum Gasteiger partial charge on any atom is 0.163 e. The second-order valence-corrected chi connectivity index (χ2v) is 5.70. The van der Waals surface area contributed by atoms with Gasteiger partial charge in [0.25, 0.3) is 0 Å². The van der Waals surface area contributed by atoms with Gasteiger partial charge < -0.3 is 10.0 Å². The quantitative estimate of drug-likeness (QED) is 0.845. The summed E-state index contributed by atoms with van der Waals surface area (Å²) in [5, 5.41) is 9.93. The van der Waals surface area contributed by atoms with Crippen molar-refractivity contribution in [1.82, 2.24) is 0 Å². The van der Waals surface area contributed by atoms with Crippen LogP contribution in [0.2, 0.25) is 0 Å². The Hall–Kier alpha value is -1.51. The molecule has 2 rings (SSSR count). The summed E-state index contributed by atoms with van der Waals surface area (Å²) in [7, 11) is 2.08. The Morgan fingerprint density at radius 2 is 2.00 bits per heavy atom. The fraction of sp³-hybridized carbons (Fsp3) is 0.562. The molecule has 0 spiro atoms. The molecule has 1 saturated carbocycles. The van der Waals surface area contributed by atoms with Crippen LogP contribution in [-0.4, -0.2) is 24.0 Å². The number of nitrogens with zero attached hydrogens (tertiary/aromatic N) is 1. The minimum atomic E-state index is -0.0993. The Morgan fingerprint density at radius 1 is 1.32 bits per heavy atom. The van der Waals surface area contributed by atoms with Crippen LogP contribution >= 0.6 is 0 Å². The standard InChI is InChI=1S/C16H23NO2/c1-11-6-4-5-7-15(11)17(3)13-8-9-14(12(2)18)16(19)10-13/h8-11,15,19H,4-7H2,1-3H3. The fourth-order valence-corrected chi connectivity index (χ4v) is 3.10. The molecule has 0 aromatic heterocycles. The predicted octanol–water partition coefficient (Wildman–Crippen LogP) is 3.61. The lowest BCUT2D eigenvalue weighted by molar-refractivity contribution is 0.101. The van der Waals surface area contributed by atoms with Gasteiger partial charge in [-0.1, -0.05) is 19.8 Å². The summed E-state index contributed by atoms with van der Waals surface area (Å²) in [5.41, 5.74) is 1.38. The molecule has 0 heterocycles. The van der Waals surface area contributed by atoms with Gasteiger partial charge in [-0.3, -0.25) is 4.79 Å². The molecule has 1 fully saturated rings. The van der Waals surface area contributed by atoms with Gasteiger partial charge in [0, 0.05) is 24.8 Å². The van der Waals surface area contributed by atoms with Crippen molar-refractivity contribution in [2.45, 2.75) is 45.6 Å². The number of rotatable bonds is 3. The summed E-state index contributed by atoms with van der Waals surface area (Å²) in [6, 6.07) is 5.88. The maximum atomic E-state index is 11.3. The van der Waals surface area contributed by atoms with Crippen LogP contribution in [0.1, 0.15) is 49.9 Å². The largest absolute Gasteiger partial charge is 0.507 e. The van der Waals surface area contributed by atoms with Crippen LogP contribution in [0.25, 0.3) is 0 Å². The van der Waals surface area contributed by atoms with Crippen LogP contribution < -0.4 is 4.90 Å². The van der Waals surface area contributed by atoms with Gasteiger partial charge in [-0.15, -0.1) is 0 Å². The molecule has 0 bridgehead atoms. The summed E-state index contributed by atoms with van der Waals surface area (Å²) in [4.78, 5) is 13.6. The fourth-order valence-electron chi connectivity index (χ4n) is 3.10. The molecule has 1 aromatic rings. The molecule has 104 valence electrons. The zero-order valence-corrected chi connectivity index (χ0v) is 12.0. The van der Waals surface area contributed by atoms with Crippen molar-refractivity contribution in [3.8, 4) is 5.75 Å². The Morgan fingerprint density at radius 3 is 2.58 bits per heavy atom. The van der Waals surface area contributed by atoms with Gasteiger partial charge in [0.05, 0.1) is 5.56 Å². The van der Waals surface area contributed by atoms with Crippen molar-refractivity contribution < 1.29 is 9.90 Å². The topological polar surface area (TPSA) is 40.5 Å². The Balaban J connectivity index is 2.21. The van der Waals surface area contributed by atoms with Crippen LogP contribution in [0.5, 0.6) is 5.75 Å². The first-order valence-corrected chi connectivity index (χ1v) is 7.07. The molecule has 19 heavy (non-hydrogen) atoms. The molecule has 1 aliphatic rings. The molecular weight excluding hydrogens is 238 g/mol. The molecule has 1 N–H and O–H groups in total. The summed E-state index contributed by atoms with van der Waals surface area (Å²) in [6.45, 7) is 3.77. The normalized spacial score (nSPS) is 23.1. The third kappa shape index (κ3) is 2.91. The van der Waals surface area contributed by atoms with Crippen molar-refractivity contribution in [3.05, 3.63) is 23.8 Å². The molecule has 0 aliphatic heterocycles. The third-order valence-corrected chi connectivity index (χ3v) is 4.33. The maximum absolute atomic E-state index is 11.3. The number of benzene rings is 1. The van der Waals surface area contributed by atoms with Crippen molar-refractivity contribution >= 4 is 11.5 Å². The van der Waals surface area contributed by atoms with Gasteiger partial charge in [0.1, 0.15) is 5.75 Å². The predicted molar refractivity (Wildman–Crippen MR) is 77.9 cm³/mol. The number of aromatic hydroxyl groups is 1. The minimum Gasteiger partial charge on any atom is -0.507 e. The molecule has 0 saturated heterocycles. The average molecular weight is 261 g/mol. The van der Waals surface area contributed by atoms with E-state index in [0.717, 1.165) is 5.69 Å². The van der Waals surface area contributed by atoms with Crippen molar-refractivity contribution in [2.75, 3.05) is 11.9 Å². The smallest absolute Gasteiger partial charge is 0.163 e. The minimum absolute atomic E-state index is 0.0836. The van der Waals surface area contributed by atoms with E-state index in [1.165, 1.54) is 32.6 Å². The van der Waals surface area contributed by atoms with E-state index in [-0.39, 0.29) is 11.5 Å². The summed E-state index contributed by atoms with van der Waals surface area (Å²) >= 11 is 0. The average Bonchev–Trinajstić information content (AvgIpc) is 2.38. The Bertz CT molecular complexity index is 470. The van der Waals surface area contributed by atoms with Crippen molar-refractivity contribution in [3.63, 3.8) is 0 Å². The van der Waals surface area contributed by atoms with E-state index in [1.54, 1.807) is 12.1 Å². The first-order valence-electron chi connectivity index (χ1n) is 7.07. The molecule has 1 aliphatic carbocycles. The van der Waals surface area contributed by atoms with E-state index in [0.29, 0.717) is 17.5 Å². The number of carbonyl (C=O) groups excluding carboxylic acids is 1. The van der Waals surface area contributed by atoms with E-state index in [4.69, 9.17) is 0 Å². The zero-order chi connectivity index (χ0) is 14.0. The first-order chi connectivity index (χ1) is 9.00. The van der Waals surface area contributed by atoms with Gasteiger partial charge in [-0.2, -0.15) is 0 Å². The van der Waals surface area contributed by atoms with Crippen molar-refractivity contribution in [1.29, 1.82) is 0 Å². The van der Waals surface area contributed by atoms with Gasteiger partial charge in [-0.25, -0.2) is 0 Å². The number of anilines is 1. The van der Waals surface area contributed by atoms with Gasteiger partial charge in [-0.05, 0) is 37.8 Å². The Labute approximate surface area is 115 Å². The lowest BCUT2D eigenvalue weighted by atomic mass is 9.85. The van der Waals surface area contributed by atoms with Gasteiger partial charge >= 0.3 is 0 Å². The third-order valence-electron chi connectivity index (χ3n) is 4.33. The number of ketones is 1. The highest BCUT2D eigenvalue weighted by Gasteiger charge is 2.25. The van der Waals surface area contributed by atoms with E-state index in [2.05, 4.69) is 18.9 Å². The number of phenols is 1. The lowest BCUT2D eigenvalue weighted by Crippen LogP contribution is -2.38. The molecule has 2 unspecified atom stereocenters. The highest BCUT2D eigenvalue weighted by Crippen LogP contribution is 2.32.